The van der Waals surface area contributed by atoms with Crippen LogP contribution in [0.1, 0.15) is 5.56 Å². The molecule has 0 aliphatic carbocycles. The number of nitrogen functional groups attached to an aromatic ring is 1. The number of anilines is 1. The first kappa shape index (κ1) is 9.98. The third-order valence-corrected chi connectivity index (χ3v) is 2.27. The van der Waals surface area contributed by atoms with Crippen molar-refractivity contribution in [2.45, 2.75) is 6.42 Å². The van der Waals surface area contributed by atoms with Gasteiger partial charge in [-0.05, 0) is 22.0 Å². The van der Waals surface area contributed by atoms with E-state index in [1.807, 2.05) is 0 Å². The van der Waals surface area contributed by atoms with Gasteiger partial charge < -0.3 is 10.5 Å². The molecule has 0 unspecified atom stereocenters. The molecule has 4 nitrogen and oxygen atoms in total. The molecule has 0 saturated carbocycles. The van der Waals surface area contributed by atoms with Crippen LogP contribution < -0.4 is 5.73 Å². The van der Waals surface area contributed by atoms with Gasteiger partial charge in [-0.25, -0.2) is 4.98 Å². The predicted octanol–water partition coefficient (Wildman–Crippen LogP) is 1.14. The van der Waals surface area contributed by atoms with Crippen LogP contribution in [0.4, 0.5) is 5.69 Å². The lowest BCUT2D eigenvalue weighted by atomic mass is 10.2. The van der Waals surface area contributed by atoms with Gasteiger partial charge in [-0.3, -0.25) is 4.79 Å². The van der Waals surface area contributed by atoms with E-state index in [-0.39, 0.29) is 12.4 Å². The number of methoxy groups -OCH3 is 1. The van der Waals surface area contributed by atoms with Gasteiger partial charge in [-0.2, -0.15) is 0 Å². The number of rotatable bonds is 2. The zero-order chi connectivity index (χ0) is 9.84. The Bertz CT molecular complexity index is 308. The number of hydrogen-bond acceptors (Lipinski definition) is 4. The number of hydrogen-bond donors (Lipinski definition) is 1. The highest BCUT2D eigenvalue weighted by Gasteiger charge is 2.10. The van der Waals surface area contributed by atoms with E-state index in [0.717, 1.165) is 0 Å². The molecule has 0 atom stereocenters. The molecule has 0 aromatic carbocycles. The predicted molar refractivity (Wildman–Crippen MR) is 52.1 cm³/mol. The summed E-state index contributed by atoms with van der Waals surface area (Å²) in [5.41, 5.74) is 6.84. The standard InChI is InChI=1S/C8H9BrN2O2/c1-13-7(12)4-5-6(10)2-3-11-8(5)9/h2-3H,4H2,1H3,(H2,10,11). The van der Waals surface area contributed by atoms with Gasteiger partial charge in [0.15, 0.2) is 0 Å². The molecule has 2 N–H and O–H groups in total. The van der Waals surface area contributed by atoms with E-state index in [1.165, 1.54) is 7.11 Å². The van der Waals surface area contributed by atoms with Gasteiger partial charge in [-0.1, -0.05) is 0 Å². The Morgan fingerprint density at radius 1 is 1.77 bits per heavy atom. The highest BCUT2D eigenvalue weighted by atomic mass is 79.9. The Kier molecular flexibility index (Phi) is 3.25. The van der Waals surface area contributed by atoms with E-state index in [9.17, 15) is 4.79 Å². The minimum atomic E-state index is -0.333. The molecule has 0 radical (unpaired) electrons. The van der Waals surface area contributed by atoms with Crippen LogP contribution in [0.25, 0.3) is 0 Å². The Labute approximate surface area is 84.2 Å². The number of halogens is 1. The molecule has 70 valence electrons. The maximum absolute atomic E-state index is 11.0. The molecular weight excluding hydrogens is 236 g/mol. The number of carbonyl (C=O) groups excluding carboxylic acids is 1. The maximum atomic E-state index is 11.0. The quantitative estimate of drug-likeness (QED) is 0.626. The minimum Gasteiger partial charge on any atom is -0.469 e. The molecule has 1 heterocycles. The van der Waals surface area contributed by atoms with Crippen LogP contribution >= 0.6 is 15.9 Å². The van der Waals surface area contributed by atoms with Gasteiger partial charge in [0.05, 0.1) is 13.5 Å². The molecule has 13 heavy (non-hydrogen) atoms. The third-order valence-electron chi connectivity index (χ3n) is 1.59. The molecule has 0 aliphatic heterocycles. The highest BCUT2D eigenvalue weighted by molar-refractivity contribution is 9.10. The van der Waals surface area contributed by atoms with E-state index in [0.29, 0.717) is 15.9 Å². The first-order chi connectivity index (χ1) is 6.15. The van der Waals surface area contributed by atoms with Crippen LogP contribution in [0, 0.1) is 0 Å². The van der Waals surface area contributed by atoms with Crippen LogP contribution in [0.2, 0.25) is 0 Å². The van der Waals surface area contributed by atoms with Crippen LogP contribution in [-0.2, 0) is 16.0 Å². The summed E-state index contributed by atoms with van der Waals surface area (Å²) in [7, 11) is 1.34. The van der Waals surface area contributed by atoms with Gasteiger partial charge in [-0.15, -0.1) is 0 Å². The fourth-order valence-corrected chi connectivity index (χ4v) is 1.36. The van der Waals surface area contributed by atoms with Crippen molar-refractivity contribution in [3.63, 3.8) is 0 Å². The summed E-state index contributed by atoms with van der Waals surface area (Å²) in [6, 6.07) is 1.64. The third kappa shape index (κ3) is 2.42. The molecule has 0 fully saturated rings. The van der Waals surface area contributed by atoms with Crippen molar-refractivity contribution in [1.82, 2.24) is 4.98 Å². The topological polar surface area (TPSA) is 65.2 Å². The van der Waals surface area contributed by atoms with Crippen LogP contribution in [0.3, 0.4) is 0 Å². The second kappa shape index (κ2) is 4.23. The number of carbonyl (C=O) groups is 1. The van der Waals surface area contributed by atoms with E-state index in [1.54, 1.807) is 12.3 Å². The van der Waals surface area contributed by atoms with Crippen molar-refractivity contribution in [2.24, 2.45) is 0 Å². The fourth-order valence-electron chi connectivity index (χ4n) is 0.872. The zero-order valence-corrected chi connectivity index (χ0v) is 8.67. The summed E-state index contributed by atoms with van der Waals surface area (Å²) < 4.78 is 5.10. The Morgan fingerprint density at radius 3 is 3.00 bits per heavy atom. The Morgan fingerprint density at radius 2 is 2.46 bits per heavy atom. The average molecular weight is 245 g/mol. The smallest absolute Gasteiger partial charge is 0.310 e. The summed E-state index contributed by atoms with van der Waals surface area (Å²) in [5, 5.41) is 0. The molecule has 0 bridgehead atoms. The lowest BCUT2D eigenvalue weighted by molar-refractivity contribution is -0.139. The molecule has 0 amide bonds. The molecule has 1 rings (SSSR count). The normalized spacial score (nSPS) is 9.69. The monoisotopic (exact) mass is 244 g/mol. The fraction of sp³-hybridized carbons (Fsp3) is 0.250. The summed E-state index contributed by atoms with van der Waals surface area (Å²) in [5.74, 6) is -0.333. The Balaban J connectivity index is 2.93. The lowest BCUT2D eigenvalue weighted by Gasteiger charge is -2.05. The van der Waals surface area contributed by atoms with Crippen molar-refractivity contribution >= 4 is 27.6 Å². The van der Waals surface area contributed by atoms with E-state index < -0.39 is 0 Å². The van der Waals surface area contributed by atoms with E-state index in [4.69, 9.17) is 5.73 Å². The Hall–Kier alpha value is -1.10. The number of esters is 1. The number of ether oxygens (including phenoxy) is 1. The molecule has 0 spiro atoms. The second-order valence-corrected chi connectivity index (χ2v) is 3.17. The van der Waals surface area contributed by atoms with Crippen molar-refractivity contribution in [2.75, 3.05) is 12.8 Å². The van der Waals surface area contributed by atoms with Crippen LogP contribution in [0.5, 0.6) is 0 Å². The van der Waals surface area contributed by atoms with Crippen LogP contribution in [0.15, 0.2) is 16.9 Å². The first-order valence-electron chi connectivity index (χ1n) is 3.61. The highest BCUT2D eigenvalue weighted by Crippen LogP contribution is 2.20. The lowest BCUT2D eigenvalue weighted by Crippen LogP contribution is -2.08. The van der Waals surface area contributed by atoms with Gasteiger partial charge in [0, 0.05) is 17.4 Å². The largest absolute Gasteiger partial charge is 0.469 e. The number of nitrogens with zero attached hydrogens (tertiary/aromatic N) is 1. The number of aromatic nitrogens is 1. The van der Waals surface area contributed by atoms with E-state index >= 15 is 0 Å². The minimum absolute atomic E-state index is 0.136. The van der Waals surface area contributed by atoms with Crippen molar-refractivity contribution < 1.29 is 9.53 Å². The van der Waals surface area contributed by atoms with Crippen LogP contribution in [-0.4, -0.2) is 18.1 Å². The zero-order valence-electron chi connectivity index (χ0n) is 7.08. The van der Waals surface area contributed by atoms with Gasteiger partial charge >= 0.3 is 5.97 Å². The SMILES string of the molecule is COC(=O)Cc1c(N)ccnc1Br. The van der Waals surface area contributed by atoms with Crippen molar-refractivity contribution in [3.05, 3.63) is 22.4 Å². The van der Waals surface area contributed by atoms with Crippen molar-refractivity contribution in [1.29, 1.82) is 0 Å². The number of pyridine rings is 1. The summed E-state index contributed by atoms with van der Waals surface area (Å²) >= 11 is 3.21. The molecule has 1 aromatic rings. The van der Waals surface area contributed by atoms with Gasteiger partial charge in [0.25, 0.3) is 0 Å². The van der Waals surface area contributed by atoms with Crippen molar-refractivity contribution in [3.8, 4) is 0 Å². The molecular formula is C8H9BrN2O2. The average Bonchev–Trinajstić information content (AvgIpc) is 2.11. The van der Waals surface area contributed by atoms with Gasteiger partial charge in [0.2, 0.25) is 0 Å². The molecule has 0 saturated heterocycles. The summed E-state index contributed by atoms with van der Waals surface area (Å²) in [6.45, 7) is 0. The van der Waals surface area contributed by atoms with Gasteiger partial charge in [0.1, 0.15) is 4.60 Å². The molecule has 0 aliphatic rings. The van der Waals surface area contributed by atoms with E-state index in [2.05, 4.69) is 25.7 Å². The molecule has 1 aromatic heterocycles. The summed E-state index contributed by atoms with van der Waals surface area (Å²) in [4.78, 5) is 14.9. The number of nitrogens with two attached hydrogens (primary N) is 1. The molecule has 5 heteroatoms. The maximum Gasteiger partial charge on any atom is 0.310 e. The first-order valence-corrected chi connectivity index (χ1v) is 4.40. The second-order valence-electron chi connectivity index (χ2n) is 2.42. The summed E-state index contributed by atoms with van der Waals surface area (Å²) in [6.07, 6.45) is 1.71.